The number of hydrogen-bond acceptors (Lipinski definition) is 4. The van der Waals surface area contributed by atoms with E-state index in [4.69, 9.17) is 0 Å². The van der Waals surface area contributed by atoms with Gasteiger partial charge in [-0.05, 0) is 38.2 Å². The lowest BCUT2D eigenvalue weighted by Gasteiger charge is -2.26. The quantitative estimate of drug-likeness (QED) is 0.786. The number of sulfonamides is 1. The van der Waals surface area contributed by atoms with Gasteiger partial charge >= 0.3 is 0 Å². The van der Waals surface area contributed by atoms with E-state index in [2.05, 4.69) is 15.9 Å². The highest BCUT2D eigenvalue weighted by Gasteiger charge is 2.39. The first-order valence-electron chi connectivity index (χ1n) is 6.84. The molecule has 0 amide bonds. The smallest absolute Gasteiger partial charge is 0.243 e. The Bertz CT molecular complexity index is 574. The Hall–Kier alpha value is -0.470. The average molecular weight is 377 g/mol. The number of halogens is 1. The number of nitrogens with zero attached hydrogens (tertiary/aromatic N) is 2. The van der Waals surface area contributed by atoms with Gasteiger partial charge in [-0.2, -0.15) is 4.31 Å². The monoisotopic (exact) mass is 376 g/mol. The second-order valence-corrected chi connectivity index (χ2v) is 8.11. The summed E-state index contributed by atoms with van der Waals surface area (Å²) >= 11 is 3.34. The molecule has 2 rings (SSSR count). The van der Waals surface area contributed by atoms with E-state index < -0.39 is 16.1 Å². The maximum atomic E-state index is 12.8. The summed E-state index contributed by atoms with van der Waals surface area (Å²) in [4.78, 5) is 2.23. The molecule has 1 N–H and O–H groups in total. The Labute approximate surface area is 134 Å². The Morgan fingerprint density at radius 2 is 1.95 bits per heavy atom. The summed E-state index contributed by atoms with van der Waals surface area (Å²) in [5.74, 6) is 0. The number of alkyl halides is 1. The number of β-amino-alcohol motifs (C(OH)–C–C–N with tert-alkyl or cyclic N) is 1. The lowest BCUT2D eigenvalue weighted by molar-refractivity contribution is 0.188. The first-order chi connectivity index (χ1) is 9.84. The molecular formula is C14H21BrN2O3S. The molecular weight excluding hydrogens is 356 g/mol. The normalized spacial score (nSPS) is 23.9. The van der Waals surface area contributed by atoms with Gasteiger partial charge in [0.05, 0.1) is 11.0 Å². The van der Waals surface area contributed by atoms with Crippen LogP contribution in [0.2, 0.25) is 0 Å². The van der Waals surface area contributed by atoms with Crippen LogP contribution in [0.1, 0.15) is 12.0 Å². The molecule has 7 heteroatoms. The number of hydrogen-bond donors (Lipinski definition) is 1. The van der Waals surface area contributed by atoms with Crippen LogP contribution in [0, 0.1) is 0 Å². The number of benzene rings is 1. The van der Waals surface area contributed by atoms with Crippen molar-refractivity contribution in [3.05, 3.63) is 29.8 Å². The molecule has 1 fully saturated rings. The van der Waals surface area contributed by atoms with E-state index in [-0.39, 0.29) is 17.5 Å². The molecule has 118 valence electrons. The zero-order chi connectivity index (χ0) is 15.6. The molecule has 0 radical (unpaired) electrons. The van der Waals surface area contributed by atoms with Crippen LogP contribution in [0.4, 0.5) is 0 Å². The van der Waals surface area contributed by atoms with E-state index in [0.717, 1.165) is 5.56 Å². The van der Waals surface area contributed by atoms with Gasteiger partial charge in [0.1, 0.15) is 0 Å². The molecule has 0 saturated carbocycles. The summed E-state index contributed by atoms with van der Waals surface area (Å²) in [6.07, 6.45) is -0.108. The van der Waals surface area contributed by atoms with Gasteiger partial charge in [0.2, 0.25) is 10.0 Å². The molecule has 1 aromatic rings. The highest BCUT2D eigenvalue weighted by atomic mass is 79.9. The van der Waals surface area contributed by atoms with Crippen LogP contribution in [0.25, 0.3) is 0 Å². The van der Waals surface area contributed by atoms with Gasteiger partial charge in [-0.3, -0.25) is 0 Å². The molecule has 5 nitrogen and oxygen atoms in total. The summed E-state index contributed by atoms with van der Waals surface area (Å²) in [7, 11) is 0.246. The number of rotatable bonds is 5. The van der Waals surface area contributed by atoms with Crippen LogP contribution in [0.3, 0.4) is 0 Å². The molecule has 1 aromatic carbocycles. The largest absolute Gasteiger partial charge is 0.392 e. The van der Waals surface area contributed by atoms with E-state index in [1.165, 1.54) is 4.31 Å². The van der Waals surface area contributed by atoms with Crippen molar-refractivity contribution in [3.63, 3.8) is 0 Å². The topological polar surface area (TPSA) is 60.9 Å². The molecule has 21 heavy (non-hydrogen) atoms. The number of aliphatic hydroxyl groups excluding tert-OH is 1. The molecule has 1 heterocycles. The van der Waals surface area contributed by atoms with E-state index in [1.54, 1.807) is 24.3 Å². The third kappa shape index (κ3) is 3.84. The molecule has 1 aliphatic rings. The predicted molar refractivity (Wildman–Crippen MR) is 85.9 cm³/mol. The van der Waals surface area contributed by atoms with Crippen molar-refractivity contribution in [1.29, 1.82) is 0 Å². The van der Waals surface area contributed by atoms with Crippen molar-refractivity contribution in [2.24, 2.45) is 0 Å². The first kappa shape index (κ1) is 16.9. The van der Waals surface area contributed by atoms with Crippen LogP contribution in [0.15, 0.2) is 29.2 Å². The van der Waals surface area contributed by atoms with Crippen molar-refractivity contribution >= 4 is 26.0 Å². The third-order valence-corrected chi connectivity index (χ3v) is 6.18. The van der Waals surface area contributed by atoms with Crippen molar-refractivity contribution in [2.75, 3.05) is 27.2 Å². The average Bonchev–Trinajstić information content (AvgIpc) is 2.79. The van der Waals surface area contributed by atoms with Gasteiger partial charge in [-0.1, -0.05) is 28.1 Å². The van der Waals surface area contributed by atoms with Gasteiger partial charge in [0.25, 0.3) is 0 Å². The molecule has 1 aliphatic heterocycles. The maximum absolute atomic E-state index is 12.8. The SMILES string of the molecule is CN(C)CC1CC(O)CN1S(=O)(=O)c1ccc(CBr)cc1. The van der Waals surface area contributed by atoms with Gasteiger partial charge in [0.15, 0.2) is 0 Å². The fourth-order valence-corrected chi connectivity index (χ4v) is 4.67. The van der Waals surface area contributed by atoms with Crippen LogP contribution in [-0.4, -0.2) is 62.1 Å². The van der Waals surface area contributed by atoms with Gasteiger partial charge in [-0.15, -0.1) is 0 Å². The molecule has 0 aromatic heterocycles. The predicted octanol–water partition coefficient (Wildman–Crippen LogP) is 1.27. The number of likely N-dealkylation sites (N-methyl/N-ethyl adjacent to an activating group) is 1. The molecule has 1 saturated heterocycles. The summed E-state index contributed by atoms with van der Waals surface area (Å²) in [6, 6.07) is 6.67. The molecule has 0 spiro atoms. The van der Waals surface area contributed by atoms with E-state index in [0.29, 0.717) is 18.3 Å². The van der Waals surface area contributed by atoms with E-state index in [9.17, 15) is 13.5 Å². The highest BCUT2D eigenvalue weighted by molar-refractivity contribution is 9.08. The lowest BCUT2D eigenvalue weighted by atomic mass is 10.2. The summed E-state index contributed by atoms with van der Waals surface area (Å²) in [6.45, 7) is 0.775. The Balaban J connectivity index is 2.27. The van der Waals surface area contributed by atoms with Crippen LogP contribution < -0.4 is 0 Å². The van der Waals surface area contributed by atoms with Crippen LogP contribution >= 0.6 is 15.9 Å². The van der Waals surface area contributed by atoms with Gasteiger partial charge < -0.3 is 10.0 Å². The van der Waals surface area contributed by atoms with Gasteiger partial charge in [-0.25, -0.2) is 8.42 Å². The fraction of sp³-hybridized carbons (Fsp3) is 0.571. The second kappa shape index (κ2) is 6.75. The highest BCUT2D eigenvalue weighted by Crippen LogP contribution is 2.27. The molecule has 2 atom stereocenters. The van der Waals surface area contributed by atoms with Crippen molar-refractivity contribution in [2.45, 2.75) is 28.8 Å². The summed E-state index contributed by atoms with van der Waals surface area (Å²) < 4.78 is 26.9. The zero-order valence-corrected chi connectivity index (χ0v) is 14.6. The molecule has 2 unspecified atom stereocenters. The second-order valence-electron chi connectivity index (χ2n) is 5.66. The standard InChI is InChI=1S/C14H21BrN2O3S/c1-16(2)9-12-7-13(18)10-17(12)21(19,20)14-5-3-11(8-15)4-6-14/h3-6,12-13,18H,7-10H2,1-2H3. The Morgan fingerprint density at radius 1 is 1.33 bits per heavy atom. The van der Waals surface area contributed by atoms with Crippen LogP contribution in [0.5, 0.6) is 0 Å². The zero-order valence-electron chi connectivity index (χ0n) is 12.2. The Morgan fingerprint density at radius 3 is 2.48 bits per heavy atom. The van der Waals surface area contributed by atoms with Gasteiger partial charge in [0, 0.05) is 24.5 Å². The third-order valence-electron chi connectivity index (χ3n) is 3.60. The van der Waals surface area contributed by atoms with E-state index in [1.807, 2.05) is 19.0 Å². The van der Waals surface area contributed by atoms with Crippen molar-refractivity contribution < 1.29 is 13.5 Å². The Kier molecular flexibility index (Phi) is 5.43. The molecule has 0 aliphatic carbocycles. The minimum atomic E-state index is -3.56. The minimum Gasteiger partial charge on any atom is -0.392 e. The lowest BCUT2D eigenvalue weighted by Crippen LogP contribution is -2.41. The fourth-order valence-electron chi connectivity index (χ4n) is 2.63. The van der Waals surface area contributed by atoms with Crippen molar-refractivity contribution in [1.82, 2.24) is 9.21 Å². The summed E-state index contributed by atoms with van der Waals surface area (Å²) in [5.41, 5.74) is 1.03. The maximum Gasteiger partial charge on any atom is 0.243 e. The van der Waals surface area contributed by atoms with Crippen LogP contribution in [-0.2, 0) is 15.4 Å². The number of aliphatic hydroxyl groups is 1. The van der Waals surface area contributed by atoms with E-state index >= 15 is 0 Å². The minimum absolute atomic E-state index is 0.168. The van der Waals surface area contributed by atoms with Crippen molar-refractivity contribution in [3.8, 4) is 0 Å². The molecule has 0 bridgehead atoms. The summed E-state index contributed by atoms with van der Waals surface area (Å²) in [5, 5.41) is 10.5. The first-order valence-corrected chi connectivity index (χ1v) is 9.40.